The maximum absolute atomic E-state index is 11.7. The first-order valence-electron chi connectivity index (χ1n) is 7.33. The molecular weight excluding hydrogens is 262 g/mol. The molecule has 19 heavy (non-hydrogen) atoms. The molecule has 0 heterocycles. The van der Waals surface area contributed by atoms with Gasteiger partial charge in [-0.05, 0) is 38.0 Å². The third-order valence-electron chi connectivity index (χ3n) is 4.21. The molecule has 4 nitrogen and oxygen atoms in total. The van der Waals surface area contributed by atoms with Gasteiger partial charge in [-0.15, -0.1) is 0 Å². The number of sulfone groups is 1. The summed E-state index contributed by atoms with van der Waals surface area (Å²) < 4.78 is 29.2. The Morgan fingerprint density at radius 1 is 1.32 bits per heavy atom. The highest BCUT2D eigenvalue weighted by Gasteiger charge is 2.35. The van der Waals surface area contributed by atoms with Crippen molar-refractivity contribution in [3.8, 4) is 0 Å². The highest BCUT2D eigenvalue weighted by atomic mass is 32.2. The van der Waals surface area contributed by atoms with Crippen LogP contribution in [0.15, 0.2) is 0 Å². The minimum absolute atomic E-state index is 0.0216. The van der Waals surface area contributed by atoms with Crippen molar-refractivity contribution >= 4 is 9.84 Å². The molecule has 0 radical (unpaired) electrons. The molecular formula is C14H29NO3S. The predicted molar refractivity (Wildman–Crippen MR) is 78.8 cm³/mol. The van der Waals surface area contributed by atoms with E-state index in [1.54, 1.807) is 0 Å². The van der Waals surface area contributed by atoms with E-state index in [2.05, 4.69) is 13.8 Å². The summed E-state index contributed by atoms with van der Waals surface area (Å²) in [4.78, 5) is 0. The Hall–Kier alpha value is -0.130. The molecule has 5 heteroatoms. The molecule has 0 aromatic heterocycles. The van der Waals surface area contributed by atoms with Gasteiger partial charge in [0.1, 0.15) is 9.84 Å². The van der Waals surface area contributed by atoms with E-state index in [-0.39, 0.29) is 23.3 Å². The molecule has 114 valence electrons. The van der Waals surface area contributed by atoms with Crippen molar-refractivity contribution in [3.05, 3.63) is 0 Å². The Morgan fingerprint density at radius 3 is 2.42 bits per heavy atom. The topological polar surface area (TPSA) is 69.4 Å². The first-order chi connectivity index (χ1) is 8.77. The van der Waals surface area contributed by atoms with Crippen molar-refractivity contribution in [1.82, 2.24) is 0 Å². The second-order valence-corrected chi connectivity index (χ2v) is 8.45. The largest absolute Gasteiger partial charge is 0.377 e. The van der Waals surface area contributed by atoms with E-state index in [0.29, 0.717) is 18.9 Å². The van der Waals surface area contributed by atoms with E-state index in [1.807, 2.05) is 6.92 Å². The number of rotatable bonds is 6. The van der Waals surface area contributed by atoms with Crippen LogP contribution in [0.2, 0.25) is 0 Å². The summed E-state index contributed by atoms with van der Waals surface area (Å²) in [7, 11) is -2.95. The van der Waals surface area contributed by atoms with E-state index in [4.69, 9.17) is 10.5 Å². The van der Waals surface area contributed by atoms with Crippen LogP contribution in [0.25, 0.3) is 0 Å². The fourth-order valence-electron chi connectivity index (χ4n) is 3.13. The number of ether oxygens (including phenoxy) is 1. The Balaban J connectivity index is 2.72. The van der Waals surface area contributed by atoms with Crippen molar-refractivity contribution in [3.63, 3.8) is 0 Å². The molecule has 0 spiro atoms. The third kappa shape index (κ3) is 4.72. The average molecular weight is 291 g/mol. The van der Waals surface area contributed by atoms with E-state index >= 15 is 0 Å². The molecule has 2 N–H and O–H groups in total. The van der Waals surface area contributed by atoms with Crippen LogP contribution in [0.3, 0.4) is 0 Å². The minimum Gasteiger partial charge on any atom is -0.377 e. The van der Waals surface area contributed by atoms with Crippen molar-refractivity contribution in [2.75, 3.05) is 12.9 Å². The van der Waals surface area contributed by atoms with Crippen molar-refractivity contribution < 1.29 is 13.2 Å². The molecule has 1 aliphatic rings. The second-order valence-electron chi connectivity index (χ2n) is 6.12. The summed E-state index contributed by atoms with van der Waals surface area (Å²) in [5.41, 5.74) is 6.37. The van der Waals surface area contributed by atoms with E-state index in [1.165, 1.54) is 6.26 Å². The zero-order valence-corrected chi connectivity index (χ0v) is 13.4. The van der Waals surface area contributed by atoms with Crippen LogP contribution >= 0.6 is 0 Å². The fraction of sp³-hybridized carbons (Fsp3) is 1.00. The van der Waals surface area contributed by atoms with Crippen LogP contribution in [-0.2, 0) is 14.6 Å². The van der Waals surface area contributed by atoms with Crippen LogP contribution in [0, 0.1) is 11.8 Å². The van der Waals surface area contributed by atoms with Crippen LogP contribution < -0.4 is 5.73 Å². The molecule has 4 atom stereocenters. The predicted octanol–water partition coefficient (Wildman–Crippen LogP) is 1.98. The molecule has 0 aliphatic heterocycles. The molecule has 0 amide bonds. The highest BCUT2D eigenvalue weighted by Crippen LogP contribution is 2.32. The normalized spacial score (nSPS) is 28.3. The lowest BCUT2D eigenvalue weighted by Crippen LogP contribution is -2.48. The summed E-state index contributed by atoms with van der Waals surface area (Å²) in [6.45, 7) is 6.84. The molecule has 1 fully saturated rings. The summed E-state index contributed by atoms with van der Waals surface area (Å²) in [5.74, 6) is 0.612. The summed E-state index contributed by atoms with van der Waals surface area (Å²) >= 11 is 0. The van der Waals surface area contributed by atoms with Crippen molar-refractivity contribution in [2.45, 2.75) is 63.9 Å². The zero-order valence-electron chi connectivity index (χ0n) is 12.6. The quantitative estimate of drug-likeness (QED) is 0.812. The Bertz CT molecular complexity index is 367. The maximum atomic E-state index is 11.7. The molecule has 1 saturated carbocycles. The first kappa shape index (κ1) is 16.9. The molecule has 0 saturated heterocycles. The monoisotopic (exact) mass is 291 g/mol. The Morgan fingerprint density at radius 2 is 1.95 bits per heavy atom. The number of nitrogens with two attached hydrogens (primary N) is 1. The summed E-state index contributed by atoms with van der Waals surface area (Å²) in [6.07, 6.45) is 4.80. The molecule has 0 aromatic rings. The van der Waals surface area contributed by atoms with Gasteiger partial charge in [0.15, 0.2) is 0 Å². The van der Waals surface area contributed by atoms with Crippen LogP contribution in [0.1, 0.15) is 46.5 Å². The third-order valence-corrected chi connectivity index (χ3v) is 5.85. The average Bonchev–Trinajstić information content (AvgIpc) is 2.34. The van der Waals surface area contributed by atoms with E-state index in [9.17, 15) is 8.42 Å². The van der Waals surface area contributed by atoms with Crippen LogP contribution in [-0.4, -0.2) is 38.7 Å². The Labute approximate surface area is 118 Å². The van der Waals surface area contributed by atoms with Crippen LogP contribution in [0.5, 0.6) is 0 Å². The second kappa shape index (κ2) is 7.04. The maximum Gasteiger partial charge on any atom is 0.150 e. The molecule has 1 rings (SSSR count). The number of hydrogen-bond donors (Lipinski definition) is 1. The summed E-state index contributed by atoms with van der Waals surface area (Å²) in [6, 6.07) is -0.0653. The zero-order chi connectivity index (χ0) is 14.6. The molecule has 0 aromatic carbocycles. The molecule has 0 bridgehead atoms. The smallest absolute Gasteiger partial charge is 0.150 e. The van der Waals surface area contributed by atoms with Gasteiger partial charge >= 0.3 is 0 Å². The van der Waals surface area contributed by atoms with Gasteiger partial charge in [-0.1, -0.05) is 20.3 Å². The number of hydrogen-bond acceptors (Lipinski definition) is 4. The first-order valence-corrected chi connectivity index (χ1v) is 9.28. The molecule has 4 unspecified atom stereocenters. The van der Waals surface area contributed by atoms with Gasteiger partial charge < -0.3 is 10.5 Å². The van der Waals surface area contributed by atoms with Gasteiger partial charge in [0, 0.05) is 18.9 Å². The van der Waals surface area contributed by atoms with Gasteiger partial charge in [-0.25, -0.2) is 8.42 Å². The van der Waals surface area contributed by atoms with Gasteiger partial charge in [-0.2, -0.15) is 0 Å². The van der Waals surface area contributed by atoms with Crippen molar-refractivity contribution in [2.24, 2.45) is 17.6 Å². The van der Waals surface area contributed by atoms with Gasteiger partial charge in [0.05, 0.1) is 11.4 Å². The lowest BCUT2D eigenvalue weighted by Gasteiger charge is -2.37. The minimum atomic E-state index is -2.95. The SMILES string of the molecule is CCOC(C(C)C)C(N)C1CCCC(S(C)(=O)=O)C1. The lowest BCUT2D eigenvalue weighted by molar-refractivity contribution is -0.00537. The summed E-state index contributed by atoms with van der Waals surface area (Å²) in [5, 5.41) is -0.216. The van der Waals surface area contributed by atoms with Gasteiger partial charge in [0.2, 0.25) is 0 Å². The van der Waals surface area contributed by atoms with Gasteiger partial charge in [0.25, 0.3) is 0 Å². The Kier molecular flexibility index (Phi) is 6.27. The van der Waals surface area contributed by atoms with Crippen molar-refractivity contribution in [1.29, 1.82) is 0 Å². The lowest BCUT2D eigenvalue weighted by atomic mass is 9.79. The fourth-order valence-corrected chi connectivity index (χ4v) is 4.32. The van der Waals surface area contributed by atoms with Crippen LogP contribution in [0.4, 0.5) is 0 Å². The molecule has 1 aliphatic carbocycles. The van der Waals surface area contributed by atoms with E-state index in [0.717, 1.165) is 19.3 Å². The van der Waals surface area contributed by atoms with Gasteiger partial charge in [-0.3, -0.25) is 0 Å². The standard InChI is InChI=1S/C14H29NO3S/c1-5-18-14(10(2)3)13(15)11-7-6-8-12(9-11)19(4,16)17/h10-14H,5-9,15H2,1-4H3. The highest BCUT2D eigenvalue weighted by molar-refractivity contribution is 7.91. The van der Waals surface area contributed by atoms with E-state index < -0.39 is 9.84 Å².